The van der Waals surface area contributed by atoms with Gasteiger partial charge in [-0.3, -0.25) is 4.99 Å². The third kappa shape index (κ3) is 6.69. The fourth-order valence-corrected chi connectivity index (χ4v) is 2.09. The van der Waals surface area contributed by atoms with E-state index in [0.29, 0.717) is 42.8 Å². The van der Waals surface area contributed by atoms with E-state index in [2.05, 4.69) is 20.4 Å². The molecular weight excluding hydrogens is 451 g/mol. The maximum absolute atomic E-state index is 12.6. The van der Waals surface area contributed by atoms with E-state index in [4.69, 9.17) is 14.2 Å². The summed E-state index contributed by atoms with van der Waals surface area (Å²) in [5.41, 5.74) is 0.507. The fourth-order valence-electron chi connectivity index (χ4n) is 2.09. The molecule has 0 spiro atoms. The highest BCUT2D eigenvalue weighted by Crippen LogP contribution is 2.38. The lowest BCUT2D eigenvalue weighted by atomic mass is 10.1. The van der Waals surface area contributed by atoms with E-state index >= 15 is 0 Å². The molecule has 1 aromatic carbocycles. The molecule has 0 saturated carbocycles. The number of nitrogens with one attached hydrogen (secondary N) is 2. The van der Waals surface area contributed by atoms with Gasteiger partial charge in [0, 0.05) is 38.4 Å². The van der Waals surface area contributed by atoms with Crippen LogP contribution in [-0.4, -0.2) is 46.2 Å². The van der Waals surface area contributed by atoms with E-state index in [0.717, 1.165) is 0 Å². The molecule has 1 aromatic rings. The zero-order valence-electron chi connectivity index (χ0n) is 14.0. The Hall–Kier alpha value is -1.56. The van der Waals surface area contributed by atoms with Gasteiger partial charge in [0.2, 0.25) is 6.79 Å². The van der Waals surface area contributed by atoms with Gasteiger partial charge in [0.1, 0.15) is 5.75 Å². The molecule has 10 heteroatoms. The number of rotatable bonds is 8. The Balaban J connectivity index is 0.00000312. The molecule has 1 aliphatic rings. The summed E-state index contributed by atoms with van der Waals surface area (Å²) in [6.45, 7) is 1.04. The molecule has 2 N–H and O–H groups in total. The highest BCUT2D eigenvalue weighted by Gasteiger charge is 2.20. The topological polar surface area (TPSA) is 73.3 Å². The molecule has 0 fully saturated rings. The number of fused-ring (bicyclic) bond motifs is 1. The number of alkyl halides is 2. The number of aliphatic imine (C=N–C) groups is 1. The van der Waals surface area contributed by atoms with Crippen LogP contribution >= 0.6 is 24.0 Å². The molecule has 1 aliphatic heterocycles. The summed E-state index contributed by atoms with van der Waals surface area (Å²) in [4.78, 5) is 4.06. The third-order valence-corrected chi connectivity index (χ3v) is 3.18. The van der Waals surface area contributed by atoms with Gasteiger partial charge < -0.3 is 29.6 Å². The molecule has 0 saturated heterocycles. The van der Waals surface area contributed by atoms with Crippen LogP contribution in [0.1, 0.15) is 12.5 Å². The average molecular weight is 473 g/mol. The van der Waals surface area contributed by atoms with Gasteiger partial charge in [-0.15, -0.1) is 24.0 Å². The minimum atomic E-state index is -2.92. The van der Waals surface area contributed by atoms with Crippen LogP contribution in [0, 0.1) is 0 Å². The van der Waals surface area contributed by atoms with E-state index in [1.165, 1.54) is 6.07 Å². The monoisotopic (exact) mass is 473 g/mol. The number of ether oxygens (including phenoxy) is 4. The van der Waals surface area contributed by atoms with Crippen molar-refractivity contribution in [3.63, 3.8) is 0 Å². The van der Waals surface area contributed by atoms with Crippen LogP contribution in [0.4, 0.5) is 8.78 Å². The Kier molecular flexibility index (Phi) is 9.57. The van der Waals surface area contributed by atoms with Crippen molar-refractivity contribution in [2.45, 2.75) is 20.1 Å². The van der Waals surface area contributed by atoms with Crippen LogP contribution in [-0.2, 0) is 11.3 Å². The number of guanidine groups is 1. The molecule has 25 heavy (non-hydrogen) atoms. The van der Waals surface area contributed by atoms with Crippen LogP contribution in [0.3, 0.4) is 0 Å². The number of hydrogen-bond acceptors (Lipinski definition) is 5. The standard InChI is InChI=1S/C15H21F2N3O4.HI/c1-3-21-5-4-19-15(18-2)20-8-10-6-12-13(23-9-22-12)7-11(10)24-14(16)17;/h6-7,14H,3-5,8-9H2,1-2H3,(H2,18,19,20);1H. The van der Waals surface area contributed by atoms with E-state index in [1.807, 2.05) is 6.92 Å². The van der Waals surface area contributed by atoms with Crippen LogP contribution in [0.5, 0.6) is 17.2 Å². The van der Waals surface area contributed by atoms with Crippen molar-refractivity contribution in [1.82, 2.24) is 10.6 Å². The summed E-state index contributed by atoms with van der Waals surface area (Å²) in [5, 5.41) is 6.09. The van der Waals surface area contributed by atoms with Crippen LogP contribution in [0.15, 0.2) is 17.1 Å². The van der Waals surface area contributed by atoms with Gasteiger partial charge in [0.05, 0.1) is 6.61 Å². The molecule has 7 nitrogen and oxygen atoms in total. The second-order valence-corrected chi connectivity index (χ2v) is 4.74. The second-order valence-electron chi connectivity index (χ2n) is 4.74. The van der Waals surface area contributed by atoms with Gasteiger partial charge in [-0.25, -0.2) is 0 Å². The maximum atomic E-state index is 12.6. The predicted molar refractivity (Wildman–Crippen MR) is 99.3 cm³/mol. The quantitative estimate of drug-likeness (QED) is 0.262. The number of hydrogen-bond donors (Lipinski definition) is 2. The second kappa shape index (κ2) is 11.1. The van der Waals surface area contributed by atoms with E-state index in [9.17, 15) is 8.78 Å². The van der Waals surface area contributed by atoms with Gasteiger partial charge in [0.25, 0.3) is 0 Å². The van der Waals surface area contributed by atoms with E-state index in [1.54, 1.807) is 13.1 Å². The minimum Gasteiger partial charge on any atom is -0.454 e. The normalized spacial score (nSPS) is 12.8. The predicted octanol–water partition coefficient (Wildman–Crippen LogP) is 2.34. The van der Waals surface area contributed by atoms with Crippen molar-refractivity contribution < 1.29 is 27.7 Å². The van der Waals surface area contributed by atoms with Gasteiger partial charge in [-0.2, -0.15) is 8.78 Å². The molecule has 0 radical (unpaired) electrons. The Morgan fingerprint density at radius 1 is 1.28 bits per heavy atom. The molecule has 2 rings (SSSR count). The van der Waals surface area contributed by atoms with Crippen LogP contribution in [0.2, 0.25) is 0 Å². The maximum Gasteiger partial charge on any atom is 0.387 e. The lowest BCUT2D eigenvalue weighted by molar-refractivity contribution is -0.0505. The van der Waals surface area contributed by atoms with Crippen molar-refractivity contribution in [3.8, 4) is 17.2 Å². The Morgan fingerprint density at radius 2 is 2.00 bits per heavy atom. The van der Waals surface area contributed by atoms with Crippen molar-refractivity contribution in [3.05, 3.63) is 17.7 Å². The molecule has 0 amide bonds. The molecule has 0 aliphatic carbocycles. The largest absolute Gasteiger partial charge is 0.454 e. The molecule has 0 atom stereocenters. The first-order valence-electron chi connectivity index (χ1n) is 7.53. The molecule has 0 aromatic heterocycles. The number of benzene rings is 1. The lowest BCUT2D eigenvalue weighted by Crippen LogP contribution is -2.38. The van der Waals surface area contributed by atoms with Crippen molar-refractivity contribution in [1.29, 1.82) is 0 Å². The molecular formula is C15H22F2IN3O4. The minimum absolute atomic E-state index is 0. The summed E-state index contributed by atoms with van der Waals surface area (Å²) in [6, 6.07) is 3.01. The van der Waals surface area contributed by atoms with Gasteiger partial charge in [-0.05, 0) is 13.0 Å². The first-order valence-corrected chi connectivity index (χ1v) is 7.53. The zero-order valence-corrected chi connectivity index (χ0v) is 16.3. The third-order valence-electron chi connectivity index (χ3n) is 3.18. The van der Waals surface area contributed by atoms with Crippen LogP contribution < -0.4 is 24.8 Å². The summed E-state index contributed by atoms with van der Waals surface area (Å²) < 4.78 is 45.4. The fraction of sp³-hybridized carbons (Fsp3) is 0.533. The number of nitrogens with zero attached hydrogens (tertiary/aromatic N) is 1. The van der Waals surface area contributed by atoms with Gasteiger partial charge >= 0.3 is 6.61 Å². The molecule has 1 heterocycles. The molecule has 0 unspecified atom stereocenters. The Morgan fingerprint density at radius 3 is 2.64 bits per heavy atom. The zero-order chi connectivity index (χ0) is 17.4. The van der Waals surface area contributed by atoms with E-state index < -0.39 is 6.61 Å². The van der Waals surface area contributed by atoms with Crippen molar-refractivity contribution in [2.24, 2.45) is 4.99 Å². The first-order chi connectivity index (χ1) is 11.6. The van der Waals surface area contributed by atoms with Crippen molar-refractivity contribution >= 4 is 29.9 Å². The van der Waals surface area contributed by atoms with Crippen molar-refractivity contribution in [2.75, 3.05) is 33.6 Å². The molecule has 142 valence electrons. The lowest BCUT2D eigenvalue weighted by Gasteiger charge is -2.15. The average Bonchev–Trinajstić information content (AvgIpc) is 3.00. The number of halogens is 3. The Labute approximate surface area is 162 Å². The smallest absolute Gasteiger partial charge is 0.387 e. The highest BCUT2D eigenvalue weighted by molar-refractivity contribution is 14.0. The van der Waals surface area contributed by atoms with Gasteiger partial charge in [-0.1, -0.05) is 0 Å². The highest BCUT2D eigenvalue weighted by atomic mass is 127. The summed E-state index contributed by atoms with van der Waals surface area (Å²) >= 11 is 0. The summed E-state index contributed by atoms with van der Waals surface area (Å²) in [6.07, 6.45) is 0. The molecule has 0 bridgehead atoms. The van der Waals surface area contributed by atoms with Crippen LogP contribution in [0.25, 0.3) is 0 Å². The van der Waals surface area contributed by atoms with Gasteiger partial charge in [0.15, 0.2) is 17.5 Å². The Bertz CT molecular complexity index is 576. The SMILES string of the molecule is CCOCCNC(=NC)NCc1cc2c(cc1OC(F)F)OCO2.I. The first kappa shape index (κ1) is 21.5. The summed E-state index contributed by atoms with van der Waals surface area (Å²) in [5.74, 6) is 1.43. The summed E-state index contributed by atoms with van der Waals surface area (Å²) in [7, 11) is 1.62. The van der Waals surface area contributed by atoms with E-state index in [-0.39, 0.29) is 43.1 Å².